The van der Waals surface area contributed by atoms with Crippen LogP contribution >= 0.6 is 0 Å². The van der Waals surface area contributed by atoms with Gasteiger partial charge in [0.15, 0.2) is 5.70 Å². The van der Waals surface area contributed by atoms with Gasteiger partial charge in [-0.15, -0.1) is 11.8 Å². The number of hydrogen-bond donors (Lipinski definition) is 0. The van der Waals surface area contributed by atoms with E-state index in [9.17, 15) is 0 Å². The lowest BCUT2D eigenvalue weighted by atomic mass is 9.45. The minimum atomic E-state index is -1.55. The molecule has 0 radical (unpaired) electrons. The summed E-state index contributed by atoms with van der Waals surface area (Å²) in [6, 6.07) is 0. The molecule has 2 aliphatic rings. The van der Waals surface area contributed by atoms with Gasteiger partial charge in [-0.05, 0) is 71.2 Å². The van der Waals surface area contributed by atoms with Crippen LogP contribution in [0.1, 0.15) is 77.4 Å². The number of rotatable bonds is 2. The zero-order chi connectivity index (χ0) is 20.1. The smallest absolute Gasteiger partial charge is 0.435 e. The summed E-state index contributed by atoms with van der Waals surface area (Å²) < 4.78 is 4.94. The van der Waals surface area contributed by atoms with Crippen LogP contribution < -0.4 is 0 Å². The third-order valence-corrected chi connectivity index (χ3v) is 6.55. The molecule has 2 aliphatic heterocycles. The van der Waals surface area contributed by atoms with Crippen LogP contribution in [0.5, 0.6) is 0 Å². The fourth-order valence-electron chi connectivity index (χ4n) is 5.64. The van der Waals surface area contributed by atoms with Gasteiger partial charge in [-0.2, -0.15) is 11.6 Å². The summed E-state index contributed by atoms with van der Waals surface area (Å²) in [5, 5.41) is 0. The third-order valence-electron chi connectivity index (χ3n) is 6.55. The van der Waals surface area contributed by atoms with Crippen molar-refractivity contribution in [1.82, 2.24) is 4.48 Å². The van der Waals surface area contributed by atoms with Gasteiger partial charge in [-0.25, -0.2) is 0 Å². The van der Waals surface area contributed by atoms with Crippen molar-refractivity contribution in [1.29, 1.82) is 0 Å². The molecule has 140 valence electrons. The molecular formula is C24H31BN2. The first kappa shape index (κ1) is 19.4. The molecular weight excluding hydrogens is 327 g/mol. The quantitative estimate of drug-likeness (QED) is 0.517. The standard InChI is InChI=1S/C24H31BN2/c1-10-14-25(15-11-2)26-19(8)21(12-3)16(5)23(26)18(7)24-17(6)22(13-4)20(9)27(24)25/h12-13H2,1-9H3. The Kier molecular flexibility index (Phi) is 4.77. The highest BCUT2D eigenvalue weighted by Gasteiger charge is 2.51. The van der Waals surface area contributed by atoms with Crippen LogP contribution in [0, 0.1) is 37.3 Å². The number of hydrogen-bond acceptors (Lipinski definition) is 0. The van der Waals surface area contributed by atoms with E-state index < -0.39 is 6.42 Å². The van der Waals surface area contributed by atoms with E-state index in [0.29, 0.717) is 0 Å². The van der Waals surface area contributed by atoms with Crippen molar-refractivity contribution in [2.45, 2.75) is 75.2 Å². The van der Waals surface area contributed by atoms with Crippen LogP contribution in [0.2, 0.25) is 0 Å². The molecule has 1 aromatic rings. The van der Waals surface area contributed by atoms with Crippen molar-refractivity contribution in [2.24, 2.45) is 0 Å². The molecule has 0 aromatic carbocycles. The number of fused-ring (bicyclic) bond motifs is 2. The molecule has 0 N–H and O–H groups in total. The third kappa shape index (κ3) is 2.28. The van der Waals surface area contributed by atoms with Gasteiger partial charge in [0.25, 0.3) is 0 Å². The Morgan fingerprint density at radius 1 is 0.889 bits per heavy atom. The molecule has 0 atom stereocenters. The summed E-state index contributed by atoms with van der Waals surface area (Å²) in [5.74, 6) is 13.7. The second-order valence-corrected chi connectivity index (χ2v) is 7.71. The van der Waals surface area contributed by atoms with Crippen LogP contribution in [0.3, 0.4) is 0 Å². The Labute approximate surface area is 165 Å². The Balaban J connectivity index is 2.63. The van der Waals surface area contributed by atoms with Crippen molar-refractivity contribution < 1.29 is 4.49 Å². The van der Waals surface area contributed by atoms with Crippen LogP contribution in [-0.4, -0.2) is 21.1 Å². The van der Waals surface area contributed by atoms with E-state index in [-0.39, 0.29) is 0 Å². The predicted octanol–water partition coefficient (Wildman–Crippen LogP) is 5.04. The Morgan fingerprint density at radius 2 is 1.48 bits per heavy atom. The van der Waals surface area contributed by atoms with Gasteiger partial charge in [0.1, 0.15) is 5.71 Å². The minimum Gasteiger partial charge on any atom is -0.435 e. The van der Waals surface area contributed by atoms with Crippen LogP contribution in [-0.2, 0) is 6.42 Å². The highest BCUT2D eigenvalue weighted by atomic mass is 15.2. The van der Waals surface area contributed by atoms with Crippen molar-refractivity contribution in [3.8, 4) is 23.5 Å². The van der Waals surface area contributed by atoms with Crippen molar-refractivity contribution in [2.75, 3.05) is 0 Å². The largest absolute Gasteiger partial charge is 0.520 e. The predicted molar refractivity (Wildman–Crippen MR) is 118 cm³/mol. The zero-order valence-corrected chi connectivity index (χ0v) is 18.4. The first-order valence-corrected chi connectivity index (χ1v) is 10.1. The molecule has 0 amide bonds. The highest BCUT2D eigenvalue weighted by Crippen LogP contribution is 2.43. The lowest BCUT2D eigenvalue weighted by molar-refractivity contribution is -0.330. The summed E-state index contributed by atoms with van der Waals surface area (Å²) in [6.45, 7) is 19.6. The molecule has 0 saturated carbocycles. The van der Waals surface area contributed by atoms with E-state index >= 15 is 0 Å². The maximum atomic E-state index is 3.59. The number of aromatic nitrogens is 1. The average molecular weight is 358 g/mol. The van der Waals surface area contributed by atoms with E-state index in [1.54, 1.807) is 0 Å². The SMILES string of the molecule is CC#C[B-]1(C#CC)n2c(C)c(CC)c(C)c2C(C)=C2C(C)=C(CC)C(C)=[N+]21. The normalized spacial score (nSPS) is 17.4. The lowest BCUT2D eigenvalue weighted by Crippen LogP contribution is -2.57. The minimum absolute atomic E-state index is 1.03. The van der Waals surface area contributed by atoms with Crippen molar-refractivity contribution >= 4 is 17.7 Å². The van der Waals surface area contributed by atoms with Crippen LogP contribution in [0.25, 0.3) is 5.57 Å². The highest BCUT2D eigenvalue weighted by molar-refractivity contribution is 6.87. The van der Waals surface area contributed by atoms with E-state index in [0.717, 1.165) is 12.8 Å². The van der Waals surface area contributed by atoms with Gasteiger partial charge in [-0.1, -0.05) is 13.8 Å². The van der Waals surface area contributed by atoms with Gasteiger partial charge < -0.3 is 8.96 Å². The van der Waals surface area contributed by atoms with Crippen molar-refractivity contribution in [3.05, 3.63) is 39.4 Å². The molecule has 3 heterocycles. The topological polar surface area (TPSA) is 7.94 Å². The molecule has 27 heavy (non-hydrogen) atoms. The summed E-state index contributed by atoms with van der Waals surface area (Å²) >= 11 is 0. The van der Waals surface area contributed by atoms with Gasteiger partial charge in [0.2, 0.25) is 0 Å². The molecule has 3 rings (SSSR count). The Bertz CT molecular complexity index is 1050. The van der Waals surface area contributed by atoms with Gasteiger partial charge in [-0.3, -0.25) is 0 Å². The van der Waals surface area contributed by atoms with Gasteiger partial charge in [0.05, 0.1) is 0 Å². The summed E-state index contributed by atoms with van der Waals surface area (Å²) in [5.41, 5.74) is 12.3. The molecule has 0 fully saturated rings. The second kappa shape index (κ2) is 6.65. The molecule has 0 saturated heterocycles. The maximum absolute atomic E-state index is 3.59. The maximum Gasteiger partial charge on any atom is 0.520 e. The molecule has 0 aliphatic carbocycles. The van der Waals surface area contributed by atoms with Gasteiger partial charge in [0, 0.05) is 29.3 Å². The number of nitrogens with zero attached hydrogens (tertiary/aromatic N) is 2. The van der Waals surface area contributed by atoms with Crippen LogP contribution in [0.4, 0.5) is 0 Å². The Morgan fingerprint density at radius 3 is 1.96 bits per heavy atom. The monoisotopic (exact) mass is 358 g/mol. The number of allylic oxidation sites excluding steroid dienone is 3. The van der Waals surface area contributed by atoms with E-state index in [1.165, 1.54) is 50.6 Å². The fraction of sp³-hybridized carbons (Fsp3) is 0.458. The summed E-state index contributed by atoms with van der Waals surface area (Å²) in [7, 11) is 0. The molecule has 0 spiro atoms. The van der Waals surface area contributed by atoms with E-state index in [1.807, 2.05) is 13.8 Å². The first-order valence-electron chi connectivity index (χ1n) is 10.1. The molecule has 3 heteroatoms. The Hall–Kier alpha value is -2.39. The van der Waals surface area contributed by atoms with Crippen LogP contribution in [0.15, 0.2) is 16.8 Å². The molecule has 2 nitrogen and oxygen atoms in total. The van der Waals surface area contributed by atoms with Crippen molar-refractivity contribution in [3.63, 3.8) is 0 Å². The second-order valence-electron chi connectivity index (χ2n) is 7.71. The zero-order valence-electron chi connectivity index (χ0n) is 18.4. The van der Waals surface area contributed by atoms with E-state index in [2.05, 4.69) is 80.9 Å². The average Bonchev–Trinajstić information content (AvgIpc) is 3.04. The summed E-state index contributed by atoms with van der Waals surface area (Å²) in [6.07, 6.45) is 0.509. The first-order chi connectivity index (χ1) is 12.8. The lowest BCUT2D eigenvalue weighted by Gasteiger charge is -2.38. The molecule has 0 unspecified atom stereocenters. The molecule has 1 aromatic heterocycles. The summed E-state index contributed by atoms with van der Waals surface area (Å²) in [4.78, 5) is 0. The molecule has 0 bridgehead atoms. The van der Waals surface area contributed by atoms with E-state index in [4.69, 9.17) is 0 Å². The van der Waals surface area contributed by atoms with Gasteiger partial charge >= 0.3 is 6.42 Å². The fourth-order valence-corrected chi connectivity index (χ4v) is 5.64.